The Morgan fingerprint density at radius 2 is 1.34 bits per heavy atom. The maximum atomic E-state index is 13.4. The van der Waals surface area contributed by atoms with Crippen LogP contribution in [0.3, 0.4) is 0 Å². The molecule has 1 amide bonds. The van der Waals surface area contributed by atoms with Gasteiger partial charge in [0.25, 0.3) is 5.91 Å². The summed E-state index contributed by atoms with van der Waals surface area (Å²) in [5.74, 6) is -0.550. The van der Waals surface area contributed by atoms with E-state index in [2.05, 4.69) is 4.90 Å². The summed E-state index contributed by atoms with van der Waals surface area (Å²) >= 11 is 0. The number of halogens is 2. The second kappa shape index (κ2) is 8.17. The summed E-state index contributed by atoms with van der Waals surface area (Å²) in [7, 11) is 1.86. The highest BCUT2D eigenvalue weighted by Crippen LogP contribution is 2.30. The zero-order valence-corrected chi connectivity index (χ0v) is 16.3. The van der Waals surface area contributed by atoms with Gasteiger partial charge in [0, 0.05) is 39.4 Å². The zero-order chi connectivity index (χ0) is 20.4. The first-order chi connectivity index (χ1) is 14.0. The lowest BCUT2D eigenvalue weighted by atomic mass is 9.96. The SMILES string of the molecule is Cn1cccc1C(=O)N1CCN(C(c2ccc(F)cc2)c2ccc(F)cc2)CC1. The van der Waals surface area contributed by atoms with Crippen molar-refractivity contribution in [3.63, 3.8) is 0 Å². The summed E-state index contributed by atoms with van der Waals surface area (Å²) in [6.45, 7) is 2.55. The van der Waals surface area contributed by atoms with Crippen molar-refractivity contribution in [2.24, 2.45) is 7.05 Å². The van der Waals surface area contributed by atoms with Crippen molar-refractivity contribution in [3.05, 3.63) is 95.3 Å². The van der Waals surface area contributed by atoms with E-state index in [0.717, 1.165) is 11.1 Å². The van der Waals surface area contributed by atoms with Crippen molar-refractivity contribution in [1.29, 1.82) is 0 Å². The maximum Gasteiger partial charge on any atom is 0.270 e. The fraction of sp³-hybridized carbons (Fsp3) is 0.261. The Bertz CT molecular complexity index is 929. The highest BCUT2D eigenvalue weighted by Gasteiger charge is 2.29. The topological polar surface area (TPSA) is 28.5 Å². The van der Waals surface area contributed by atoms with E-state index in [1.807, 2.05) is 34.8 Å². The Morgan fingerprint density at radius 1 is 0.828 bits per heavy atom. The highest BCUT2D eigenvalue weighted by atomic mass is 19.1. The van der Waals surface area contributed by atoms with Crippen LogP contribution >= 0.6 is 0 Å². The zero-order valence-electron chi connectivity index (χ0n) is 16.3. The maximum absolute atomic E-state index is 13.4. The van der Waals surface area contributed by atoms with Crippen LogP contribution in [-0.2, 0) is 7.05 Å². The van der Waals surface area contributed by atoms with E-state index in [9.17, 15) is 13.6 Å². The van der Waals surface area contributed by atoms with Gasteiger partial charge < -0.3 is 9.47 Å². The summed E-state index contributed by atoms with van der Waals surface area (Å²) < 4.78 is 28.7. The number of hydrogen-bond acceptors (Lipinski definition) is 2. The molecule has 1 aliphatic rings. The predicted octanol–water partition coefficient (Wildman–Crippen LogP) is 3.85. The molecule has 0 N–H and O–H groups in total. The van der Waals surface area contributed by atoms with Gasteiger partial charge in [-0.1, -0.05) is 24.3 Å². The van der Waals surface area contributed by atoms with Gasteiger partial charge in [-0.3, -0.25) is 9.69 Å². The number of rotatable bonds is 4. The lowest BCUT2D eigenvalue weighted by molar-refractivity contribution is 0.0588. The van der Waals surface area contributed by atoms with Crippen LogP contribution in [0.5, 0.6) is 0 Å². The molecule has 1 saturated heterocycles. The molecule has 3 aromatic rings. The van der Waals surface area contributed by atoms with Crippen LogP contribution in [0.25, 0.3) is 0 Å². The Balaban J connectivity index is 1.55. The Labute approximate surface area is 169 Å². The van der Waals surface area contributed by atoms with E-state index in [1.54, 1.807) is 24.3 Å². The number of aryl methyl sites for hydroxylation is 1. The normalized spacial score (nSPS) is 15.1. The molecule has 29 heavy (non-hydrogen) atoms. The minimum absolute atomic E-state index is 0.0252. The van der Waals surface area contributed by atoms with Crippen LogP contribution in [0.1, 0.15) is 27.7 Å². The summed E-state index contributed by atoms with van der Waals surface area (Å²) in [4.78, 5) is 16.9. The van der Waals surface area contributed by atoms with Crippen molar-refractivity contribution in [3.8, 4) is 0 Å². The molecule has 0 atom stereocenters. The predicted molar refractivity (Wildman–Crippen MR) is 108 cm³/mol. The molecule has 0 bridgehead atoms. The molecule has 1 fully saturated rings. The standard InChI is InChI=1S/C23H23F2N3O/c1-26-12-2-3-21(26)23(29)28-15-13-27(14-16-28)22(17-4-8-19(24)9-5-17)18-6-10-20(25)11-7-18/h2-12,22H,13-16H2,1H3. The average molecular weight is 395 g/mol. The number of nitrogens with zero attached hydrogens (tertiary/aromatic N) is 3. The fourth-order valence-corrected chi connectivity index (χ4v) is 3.93. The van der Waals surface area contributed by atoms with Gasteiger partial charge in [-0.15, -0.1) is 0 Å². The molecule has 0 saturated carbocycles. The summed E-state index contributed by atoms with van der Waals surface area (Å²) in [6, 6.07) is 16.4. The van der Waals surface area contributed by atoms with Crippen LogP contribution in [0, 0.1) is 11.6 Å². The van der Waals surface area contributed by atoms with Crippen molar-refractivity contribution in [2.45, 2.75) is 6.04 Å². The number of amides is 1. The Morgan fingerprint density at radius 3 is 1.79 bits per heavy atom. The fourth-order valence-electron chi connectivity index (χ4n) is 3.93. The lowest BCUT2D eigenvalue weighted by Gasteiger charge is -2.39. The first-order valence-electron chi connectivity index (χ1n) is 9.68. The van der Waals surface area contributed by atoms with Crippen molar-refractivity contribution in [1.82, 2.24) is 14.4 Å². The molecule has 2 heterocycles. The summed E-state index contributed by atoms with van der Waals surface area (Å²) in [5, 5.41) is 0. The molecule has 4 rings (SSSR count). The number of hydrogen-bond donors (Lipinski definition) is 0. The second-order valence-electron chi connectivity index (χ2n) is 7.34. The third-order valence-electron chi connectivity index (χ3n) is 5.50. The van der Waals surface area contributed by atoms with Gasteiger partial charge in [-0.25, -0.2) is 8.78 Å². The van der Waals surface area contributed by atoms with E-state index in [1.165, 1.54) is 24.3 Å². The third kappa shape index (κ3) is 4.07. The molecule has 6 heteroatoms. The van der Waals surface area contributed by atoms with Gasteiger partial charge in [0.2, 0.25) is 0 Å². The smallest absolute Gasteiger partial charge is 0.270 e. The minimum atomic E-state index is -0.287. The molecule has 1 aromatic heterocycles. The second-order valence-corrected chi connectivity index (χ2v) is 7.34. The molecule has 0 unspecified atom stereocenters. The van der Waals surface area contributed by atoms with Crippen LogP contribution in [-0.4, -0.2) is 46.5 Å². The van der Waals surface area contributed by atoms with Crippen molar-refractivity contribution >= 4 is 5.91 Å². The molecule has 0 aliphatic carbocycles. The molecular weight excluding hydrogens is 372 g/mol. The number of carbonyl (C=O) groups is 1. The van der Waals surface area contributed by atoms with Crippen LogP contribution in [0.2, 0.25) is 0 Å². The van der Waals surface area contributed by atoms with Crippen LogP contribution in [0.4, 0.5) is 8.78 Å². The van der Waals surface area contributed by atoms with Gasteiger partial charge in [0.15, 0.2) is 0 Å². The summed E-state index contributed by atoms with van der Waals surface area (Å²) in [6.07, 6.45) is 1.86. The van der Waals surface area contributed by atoms with Gasteiger partial charge in [0.05, 0.1) is 6.04 Å². The van der Waals surface area contributed by atoms with Gasteiger partial charge in [-0.05, 0) is 47.5 Å². The largest absolute Gasteiger partial charge is 0.347 e. The van der Waals surface area contributed by atoms with Crippen molar-refractivity contribution < 1.29 is 13.6 Å². The van der Waals surface area contributed by atoms with Crippen LogP contribution in [0.15, 0.2) is 66.9 Å². The molecule has 0 spiro atoms. The summed E-state index contributed by atoms with van der Waals surface area (Å²) in [5.41, 5.74) is 2.56. The Kier molecular flexibility index (Phi) is 5.45. The molecule has 0 radical (unpaired) electrons. The number of aromatic nitrogens is 1. The van der Waals surface area contributed by atoms with Gasteiger partial charge in [0.1, 0.15) is 17.3 Å². The number of benzene rings is 2. The van der Waals surface area contributed by atoms with E-state index in [-0.39, 0.29) is 23.6 Å². The molecular formula is C23H23F2N3O. The van der Waals surface area contributed by atoms with E-state index < -0.39 is 0 Å². The molecule has 150 valence electrons. The van der Waals surface area contributed by atoms with Crippen molar-refractivity contribution in [2.75, 3.05) is 26.2 Å². The van der Waals surface area contributed by atoms with Gasteiger partial charge >= 0.3 is 0 Å². The van der Waals surface area contributed by atoms with E-state index >= 15 is 0 Å². The third-order valence-corrected chi connectivity index (χ3v) is 5.50. The molecule has 4 nitrogen and oxygen atoms in total. The average Bonchev–Trinajstić information content (AvgIpc) is 3.17. The molecule has 1 aliphatic heterocycles. The quantitative estimate of drug-likeness (QED) is 0.671. The number of piperazine rings is 1. The van der Waals surface area contributed by atoms with Gasteiger partial charge in [-0.2, -0.15) is 0 Å². The molecule has 2 aromatic carbocycles. The van der Waals surface area contributed by atoms with E-state index in [4.69, 9.17) is 0 Å². The van der Waals surface area contributed by atoms with Crippen LogP contribution < -0.4 is 0 Å². The number of carbonyl (C=O) groups excluding carboxylic acids is 1. The first-order valence-corrected chi connectivity index (χ1v) is 9.68. The first kappa shape index (κ1) is 19.3. The van der Waals surface area contributed by atoms with E-state index in [0.29, 0.717) is 31.9 Å². The highest BCUT2D eigenvalue weighted by molar-refractivity contribution is 5.92. The lowest BCUT2D eigenvalue weighted by Crippen LogP contribution is -2.50. The monoisotopic (exact) mass is 395 g/mol. The minimum Gasteiger partial charge on any atom is -0.347 e. The Hall–Kier alpha value is -2.99.